The molecule has 0 saturated carbocycles. The maximum absolute atomic E-state index is 13.4. The van der Waals surface area contributed by atoms with E-state index in [4.69, 9.17) is 14.7 Å². The number of carbonyl (C=O) groups excluding carboxylic acids is 1. The van der Waals surface area contributed by atoms with Crippen molar-refractivity contribution in [1.82, 2.24) is 0 Å². The lowest BCUT2D eigenvalue weighted by Crippen LogP contribution is -2.28. The first kappa shape index (κ1) is 17.1. The van der Waals surface area contributed by atoms with Gasteiger partial charge in [0, 0.05) is 6.42 Å². The lowest BCUT2D eigenvalue weighted by Gasteiger charge is -2.30. The molecule has 0 aliphatic carbocycles. The number of nitrogens with zero attached hydrogens (tertiary/aromatic N) is 1. The van der Waals surface area contributed by atoms with Gasteiger partial charge in [0.05, 0.1) is 24.8 Å². The first-order valence-corrected chi connectivity index (χ1v) is 8.18. The summed E-state index contributed by atoms with van der Waals surface area (Å²) in [6.07, 6.45) is 0.570. The zero-order chi connectivity index (χ0) is 17.9. The summed E-state index contributed by atoms with van der Waals surface area (Å²) in [6, 6.07) is 13.6. The summed E-state index contributed by atoms with van der Waals surface area (Å²) < 4.78 is 24.5. The number of hydrogen-bond donors (Lipinski definition) is 0. The molecule has 0 radical (unpaired) electrons. The second-order valence-electron chi connectivity index (χ2n) is 5.91. The molecule has 1 unspecified atom stereocenters. The molecule has 1 aliphatic rings. The van der Waals surface area contributed by atoms with Crippen molar-refractivity contribution >= 4 is 5.97 Å². The van der Waals surface area contributed by atoms with Gasteiger partial charge in [-0.3, -0.25) is 4.79 Å². The van der Waals surface area contributed by atoms with E-state index in [1.54, 1.807) is 31.2 Å². The van der Waals surface area contributed by atoms with Gasteiger partial charge in [-0.15, -0.1) is 0 Å². The minimum Gasteiger partial charge on any atom is -0.466 e. The van der Waals surface area contributed by atoms with Crippen LogP contribution in [-0.2, 0) is 26.5 Å². The summed E-state index contributed by atoms with van der Waals surface area (Å²) in [5, 5.41) is 9.09. The maximum Gasteiger partial charge on any atom is 0.305 e. The van der Waals surface area contributed by atoms with Crippen LogP contribution in [-0.4, -0.2) is 12.6 Å². The molecule has 0 spiro atoms. The number of carbonyl (C=O) groups is 1. The van der Waals surface area contributed by atoms with Gasteiger partial charge in [0.25, 0.3) is 0 Å². The van der Waals surface area contributed by atoms with Crippen LogP contribution in [0.1, 0.15) is 42.0 Å². The molecule has 4 nitrogen and oxygen atoms in total. The van der Waals surface area contributed by atoms with Crippen LogP contribution in [0, 0.1) is 17.1 Å². The van der Waals surface area contributed by atoms with Crippen LogP contribution in [0.15, 0.2) is 42.5 Å². The fourth-order valence-electron chi connectivity index (χ4n) is 3.28. The molecule has 5 heteroatoms. The summed E-state index contributed by atoms with van der Waals surface area (Å²) in [6.45, 7) is 2.43. The molecule has 0 fully saturated rings. The summed E-state index contributed by atoms with van der Waals surface area (Å²) in [5.74, 6) is -0.628. The van der Waals surface area contributed by atoms with Gasteiger partial charge in [-0.25, -0.2) is 4.39 Å². The molecule has 128 valence electrons. The van der Waals surface area contributed by atoms with Crippen LogP contribution in [0.25, 0.3) is 0 Å². The van der Waals surface area contributed by atoms with Crippen molar-refractivity contribution in [3.8, 4) is 6.07 Å². The molecule has 0 N–H and O–H groups in total. The van der Waals surface area contributed by atoms with E-state index in [1.807, 2.05) is 6.07 Å². The van der Waals surface area contributed by atoms with E-state index in [9.17, 15) is 9.18 Å². The maximum atomic E-state index is 13.4. The van der Waals surface area contributed by atoms with Crippen molar-refractivity contribution in [3.63, 3.8) is 0 Å². The van der Waals surface area contributed by atoms with E-state index in [-0.39, 0.29) is 18.2 Å². The molecule has 0 amide bonds. The summed E-state index contributed by atoms with van der Waals surface area (Å²) >= 11 is 0. The quantitative estimate of drug-likeness (QED) is 0.777. The van der Waals surface area contributed by atoms with E-state index < -0.39 is 5.60 Å². The highest BCUT2D eigenvalue weighted by molar-refractivity contribution is 5.69. The van der Waals surface area contributed by atoms with Gasteiger partial charge in [-0.1, -0.05) is 18.2 Å². The highest BCUT2D eigenvalue weighted by Gasteiger charge is 2.42. The third-order valence-corrected chi connectivity index (χ3v) is 4.44. The fraction of sp³-hybridized carbons (Fsp3) is 0.300. The highest BCUT2D eigenvalue weighted by atomic mass is 19.1. The van der Waals surface area contributed by atoms with Gasteiger partial charge in [0.1, 0.15) is 11.4 Å². The van der Waals surface area contributed by atoms with Gasteiger partial charge < -0.3 is 9.47 Å². The van der Waals surface area contributed by atoms with Crippen LogP contribution in [0.3, 0.4) is 0 Å². The fourth-order valence-corrected chi connectivity index (χ4v) is 3.28. The number of hydrogen-bond acceptors (Lipinski definition) is 4. The first-order chi connectivity index (χ1) is 12.1. The Morgan fingerprint density at radius 2 is 2.08 bits per heavy atom. The number of benzene rings is 2. The Bertz CT molecular complexity index is 826. The molecule has 2 aromatic rings. The molecule has 1 aliphatic heterocycles. The predicted molar refractivity (Wildman–Crippen MR) is 89.0 cm³/mol. The van der Waals surface area contributed by atoms with Crippen molar-refractivity contribution in [3.05, 3.63) is 70.5 Å². The normalized spacial score (nSPS) is 18.4. The molecular formula is C20H18FNO3. The molecule has 3 rings (SSSR count). The van der Waals surface area contributed by atoms with Crippen molar-refractivity contribution in [2.45, 2.75) is 32.0 Å². The van der Waals surface area contributed by atoms with Crippen LogP contribution in [0.5, 0.6) is 0 Å². The molecule has 25 heavy (non-hydrogen) atoms. The van der Waals surface area contributed by atoms with Gasteiger partial charge in [0.2, 0.25) is 0 Å². The average molecular weight is 339 g/mol. The summed E-state index contributed by atoms with van der Waals surface area (Å²) in [4.78, 5) is 11.9. The Hall–Kier alpha value is -2.71. The Morgan fingerprint density at radius 3 is 2.76 bits per heavy atom. The molecule has 0 bridgehead atoms. The highest BCUT2D eigenvalue weighted by Crippen LogP contribution is 2.45. The third-order valence-electron chi connectivity index (χ3n) is 4.44. The van der Waals surface area contributed by atoms with Crippen molar-refractivity contribution in [2.24, 2.45) is 0 Å². The molecule has 0 saturated heterocycles. The van der Waals surface area contributed by atoms with Crippen molar-refractivity contribution < 1.29 is 18.7 Å². The smallest absolute Gasteiger partial charge is 0.305 e. The molecule has 2 aromatic carbocycles. The lowest BCUT2D eigenvalue weighted by molar-refractivity contribution is -0.144. The Balaban J connectivity index is 2.02. The van der Waals surface area contributed by atoms with Crippen LogP contribution >= 0.6 is 0 Å². The zero-order valence-corrected chi connectivity index (χ0v) is 13.9. The van der Waals surface area contributed by atoms with Gasteiger partial charge in [0.15, 0.2) is 0 Å². The summed E-state index contributed by atoms with van der Waals surface area (Å²) in [7, 11) is 0. The van der Waals surface area contributed by atoms with E-state index in [1.165, 1.54) is 12.1 Å². The first-order valence-electron chi connectivity index (χ1n) is 8.18. The molecular weight excluding hydrogens is 321 g/mol. The molecule has 0 aromatic heterocycles. The number of nitriles is 1. The van der Waals surface area contributed by atoms with Crippen molar-refractivity contribution in [2.75, 3.05) is 6.61 Å². The van der Waals surface area contributed by atoms with E-state index >= 15 is 0 Å². The van der Waals surface area contributed by atoms with Crippen LogP contribution < -0.4 is 0 Å². The minimum atomic E-state index is -0.843. The van der Waals surface area contributed by atoms with E-state index in [0.29, 0.717) is 25.2 Å². The number of esters is 1. The summed E-state index contributed by atoms with van der Waals surface area (Å²) in [5.41, 5.74) is 2.31. The number of halogens is 1. The van der Waals surface area contributed by atoms with E-state index in [2.05, 4.69) is 6.07 Å². The zero-order valence-electron chi connectivity index (χ0n) is 13.9. The van der Waals surface area contributed by atoms with Gasteiger partial charge in [-0.05, 0) is 54.3 Å². The monoisotopic (exact) mass is 339 g/mol. The minimum absolute atomic E-state index is 0.185. The average Bonchev–Trinajstić information content (AvgIpc) is 3.00. The molecule has 1 heterocycles. The number of fused-ring (bicyclic) bond motifs is 1. The number of ether oxygens (including phenoxy) is 2. The third kappa shape index (κ3) is 3.26. The standard InChI is InChI=1S/C20H18FNO3/c1-2-24-19(23)9-10-20(16-4-6-17(21)7-5-16)18-8-3-14(12-22)11-15(18)13-25-20/h3-8,11H,2,9-10,13H2,1H3. The van der Waals surface area contributed by atoms with Crippen molar-refractivity contribution in [1.29, 1.82) is 5.26 Å². The Labute approximate surface area is 145 Å². The SMILES string of the molecule is CCOC(=O)CCC1(c2ccc(F)cc2)OCc2cc(C#N)ccc21. The Morgan fingerprint density at radius 1 is 1.32 bits per heavy atom. The van der Waals surface area contributed by atoms with Crippen LogP contribution in [0.4, 0.5) is 4.39 Å². The second-order valence-corrected chi connectivity index (χ2v) is 5.91. The predicted octanol–water partition coefficient (Wildman–Crippen LogP) is 3.81. The Kier molecular flexibility index (Phi) is 4.82. The number of rotatable bonds is 5. The lowest BCUT2D eigenvalue weighted by atomic mass is 9.81. The van der Waals surface area contributed by atoms with Gasteiger partial charge >= 0.3 is 5.97 Å². The van der Waals surface area contributed by atoms with Crippen LogP contribution in [0.2, 0.25) is 0 Å². The second kappa shape index (κ2) is 7.04. The topological polar surface area (TPSA) is 59.3 Å². The molecule has 1 atom stereocenters. The van der Waals surface area contributed by atoms with Gasteiger partial charge in [-0.2, -0.15) is 5.26 Å². The van der Waals surface area contributed by atoms with E-state index in [0.717, 1.165) is 16.7 Å². The largest absolute Gasteiger partial charge is 0.466 e.